The number of alkyl halides is 1. The normalized spacial score (nSPS) is 12.1. The van der Waals surface area contributed by atoms with Crippen LogP contribution in [0.1, 0.15) is 5.56 Å². The van der Waals surface area contributed by atoms with Gasteiger partial charge >= 0.3 is 0 Å². The number of nitrogens with one attached hydrogen (secondary N) is 1. The molecule has 0 fully saturated rings. The van der Waals surface area contributed by atoms with E-state index in [2.05, 4.69) is 16.4 Å². The maximum absolute atomic E-state index is 8.87. The van der Waals surface area contributed by atoms with Crippen molar-refractivity contribution in [3.8, 4) is 6.07 Å². The molecule has 0 aliphatic carbocycles. The highest BCUT2D eigenvalue weighted by atomic mass is 35.5. The number of pyridine rings is 1. The molecular weight excluding hydrogens is 233 g/mol. The lowest BCUT2D eigenvalue weighted by Crippen LogP contribution is -2.31. The number of halogens is 2. The van der Waals surface area contributed by atoms with Gasteiger partial charge in [0.15, 0.2) is 0 Å². The van der Waals surface area contributed by atoms with E-state index >= 15 is 0 Å². The van der Waals surface area contributed by atoms with Gasteiger partial charge in [0.2, 0.25) is 0 Å². The summed E-state index contributed by atoms with van der Waals surface area (Å²) in [5.74, 6) is 0.497. The highest BCUT2D eigenvalue weighted by Gasteiger charge is 2.07. The molecule has 0 radical (unpaired) electrons. The molecule has 0 aliphatic heterocycles. The van der Waals surface area contributed by atoms with Crippen molar-refractivity contribution in [2.75, 3.05) is 12.4 Å². The van der Waals surface area contributed by atoms with Crippen molar-refractivity contribution >= 4 is 23.2 Å². The second kappa shape index (κ2) is 6.62. The lowest BCUT2D eigenvalue weighted by Gasteiger charge is -2.09. The first-order valence-corrected chi connectivity index (χ1v) is 5.47. The quantitative estimate of drug-likeness (QED) is 0.636. The van der Waals surface area contributed by atoms with Gasteiger partial charge in [0.25, 0.3) is 0 Å². The Morgan fingerprint density at radius 3 is 2.87 bits per heavy atom. The summed E-state index contributed by atoms with van der Waals surface area (Å²) in [6.07, 6.45) is 2.28. The molecule has 1 unspecified atom stereocenters. The van der Waals surface area contributed by atoms with Crippen LogP contribution in [-0.4, -0.2) is 23.5 Å². The molecule has 0 aliphatic rings. The van der Waals surface area contributed by atoms with Gasteiger partial charge in [-0.1, -0.05) is 17.7 Å². The molecule has 1 heterocycles. The second-order valence-corrected chi connectivity index (χ2v) is 3.78. The Morgan fingerprint density at radius 1 is 1.53 bits per heavy atom. The number of hydrogen-bond acceptors (Lipinski definition) is 3. The number of nitrogens with zero attached hydrogens (tertiary/aromatic N) is 2. The first-order valence-electron chi connectivity index (χ1n) is 4.55. The van der Waals surface area contributed by atoms with E-state index in [0.717, 1.165) is 5.56 Å². The summed E-state index contributed by atoms with van der Waals surface area (Å²) >= 11 is 11.2. The van der Waals surface area contributed by atoms with E-state index in [0.29, 0.717) is 24.0 Å². The monoisotopic (exact) mass is 243 g/mol. The molecule has 1 aromatic rings. The van der Waals surface area contributed by atoms with Crippen LogP contribution in [0.15, 0.2) is 18.3 Å². The van der Waals surface area contributed by atoms with Crippen LogP contribution in [0.2, 0.25) is 5.15 Å². The van der Waals surface area contributed by atoms with Gasteiger partial charge in [0, 0.05) is 25.0 Å². The zero-order chi connectivity index (χ0) is 11.1. The topological polar surface area (TPSA) is 48.7 Å². The number of aromatic nitrogens is 1. The number of rotatable bonds is 5. The molecule has 0 bridgehead atoms. The minimum Gasteiger partial charge on any atom is -0.300 e. The van der Waals surface area contributed by atoms with Gasteiger partial charge in [-0.05, 0) is 11.6 Å². The van der Waals surface area contributed by atoms with E-state index in [-0.39, 0.29) is 6.04 Å². The Balaban J connectivity index is 2.52. The van der Waals surface area contributed by atoms with Crippen LogP contribution in [0.3, 0.4) is 0 Å². The van der Waals surface area contributed by atoms with Crippen LogP contribution < -0.4 is 5.32 Å². The fourth-order valence-electron chi connectivity index (χ4n) is 1.16. The summed E-state index contributed by atoms with van der Waals surface area (Å²) in [6.45, 7) is 0.626. The maximum Gasteiger partial charge on any atom is 0.129 e. The molecule has 1 N–H and O–H groups in total. The fraction of sp³-hybridized carbons (Fsp3) is 0.400. The first-order chi connectivity index (χ1) is 7.26. The third-order valence-corrected chi connectivity index (χ3v) is 2.28. The molecule has 1 rings (SSSR count). The summed E-state index contributed by atoms with van der Waals surface area (Å²) in [7, 11) is 0. The standard InChI is InChI=1S/C10H11Cl2N3/c11-3-4-14-9(6-13)5-8-1-2-10(12)15-7-8/h1-2,7,9,14H,3-5H2. The zero-order valence-electron chi connectivity index (χ0n) is 8.08. The third kappa shape index (κ3) is 4.48. The summed E-state index contributed by atoms with van der Waals surface area (Å²) in [5.41, 5.74) is 0.980. The van der Waals surface area contributed by atoms with Gasteiger partial charge in [0.05, 0.1) is 12.1 Å². The molecule has 5 heteroatoms. The van der Waals surface area contributed by atoms with Crippen LogP contribution in [-0.2, 0) is 6.42 Å². The predicted molar refractivity (Wildman–Crippen MR) is 61.1 cm³/mol. The van der Waals surface area contributed by atoms with Crippen molar-refractivity contribution in [2.45, 2.75) is 12.5 Å². The van der Waals surface area contributed by atoms with Gasteiger partial charge in [-0.3, -0.25) is 0 Å². The van der Waals surface area contributed by atoms with E-state index in [1.54, 1.807) is 12.3 Å². The van der Waals surface area contributed by atoms with E-state index in [9.17, 15) is 0 Å². The summed E-state index contributed by atoms with van der Waals surface area (Å²) in [6, 6.07) is 5.52. The molecule has 1 aromatic heterocycles. The number of nitriles is 1. The van der Waals surface area contributed by atoms with Crippen LogP contribution in [0.4, 0.5) is 0 Å². The summed E-state index contributed by atoms with van der Waals surface area (Å²) < 4.78 is 0. The Hall–Kier alpha value is -0.820. The Bertz CT molecular complexity index is 332. The summed E-state index contributed by atoms with van der Waals surface area (Å²) in [5, 5.41) is 12.4. The van der Waals surface area contributed by atoms with Gasteiger partial charge in [-0.25, -0.2) is 4.98 Å². The molecular formula is C10H11Cl2N3. The minimum absolute atomic E-state index is 0.230. The number of hydrogen-bond donors (Lipinski definition) is 1. The van der Waals surface area contributed by atoms with Crippen molar-refractivity contribution < 1.29 is 0 Å². The SMILES string of the molecule is N#CC(Cc1ccc(Cl)nc1)NCCCl. The fourth-order valence-corrected chi connectivity index (χ4v) is 1.38. The van der Waals surface area contributed by atoms with Crippen molar-refractivity contribution in [3.05, 3.63) is 29.0 Å². The van der Waals surface area contributed by atoms with Crippen LogP contribution >= 0.6 is 23.2 Å². The van der Waals surface area contributed by atoms with Crippen molar-refractivity contribution in [1.82, 2.24) is 10.3 Å². The molecule has 80 valence electrons. The highest BCUT2D eigenvalue weighted by molar-refractivity contribution is 6.29. The molecule has 1 atom stereocenters. The van der Waals surface area contributed by atoms with E-state index in [1.165, 1.54) is 0 Å². The van der Waals surface area contributed by atoms with E-state index in [1.807, 2.05) is 6.07 Å². The maximum atomic E-state index is 8.87. The van der Waals surface area contributed by atoms with Gasteiger partial charge < -0.3 is 5.32 Å². The van der Waals surface area contributed by atoms with E-state index in [4.69, 9.17) is 28.5 Å². The lowest BCUT2D eigenvalue weighted by atomic mass is 10.1. The van der Waals surface area contributed by atoms with Crippen molar-refractivity contribution in [3.63, 3.8) is 0 Å². The second-order valence-electron chi connectivity index (χ2n) is 3.02. The van der Waals surface area contributed by atoms with Crippen molar-refractivity contribution in [1.29, 1.82) is 5.26 Å². The Labute approximate surface area is 99.0 Å². The van der Waals surface area contributed by atoms with Crippen LogP contribution in [0, 0.1) is 11.3 Å². The average Bonchev–Trinajstić information content (AvgIpc) is 2.27. The van der Waals surface area contributed by atoms with Crippen LogP contribution in [0.25, 0.3) is 0 Å². The van der Waals surface area contributed by atoms with E-state index < -0.39 is 0 Å². The van der Waals surface area contributed by atoms with Gasteiger partial charge in [-0.15, -0.1) is 11.6 Å². The lowest BCUT2D eigenvalue weighted by molar-refractivity contribution is 0.623. The summed E-state index contributed by atoms with van der Waals surface area (Å²) in [4.78, 5) is 3.95. The molecule has 3 nitrogen and oxygen atoms in total. The Kier molecular flexibility index (Phi) is 5.41. The molecule has 0 amide bonds. The first kappa shape index (κ1) is 12.3. The van der Waals surface area contributed by atoms with Crippen LogP contribution in [0.5, 0.6) is 0 Å². The largest absolute Gasteiger partial charge is 0.300 e. The molecule has 0 spiro atoms. The molecule has 0 aromatic carbocycles. The van der Waals surface area contributed by atoms with Crippen molar-refractivity contribution in [2.24, 2.45) is 0 Å². The van der Waals surface area contributed by atoms with Gasteiger partial charge in [0.1, 0.15) is 5.15 Å². The highest BCUT2D eigenvalue weighted by Crippen LogP contribution is 2.07. The molecule has 15 heavy (non-hydrogen) atoms. The molecule has 0 saturated carbocycles. The Morgan fingerprint density at radius 2 is 2.33 bits per heavy atom. The minimum atomic E-state index is -0.230. The smallest absolute Gasteiger partial charge is 0.129 e. The zero-order valence-corrected chi connectivity index (χ0v) is 9.59. The van der Waals surface area contributed by atoms with Gasteiger partial charge in [-0.2, -0.15) is 5.26 Å². The predicted octanol–water partition coefficient (Wildman–Crippen LogP) is 2.00. The average molecular weight is 244 g/mol. The third-order valence-electron chi connectivity index (χ3n) is 1.87. The molecule has 0 saturated heterocycles.